The summed E-state index contributed by atoms with van der Waals surface area (Å²) in [4.78, 5) is 2.82. The van der Waals surface area contributed by atoms with Crippen molar-refractivity contribution in [3.63, 3.8) is 0 Å². The molecule has 0 radical (unpaired) electrons. The van der Waals surface area contributed by atoms with Crippen molar-refractivity contribution in [1.82, 2.24) is 4.90 Å². The molecule has 0 heterocycles. The summed E-state index contributed by atoms with van der Waals surface area (Å²) in [6.07, 6.45) is 0. The minimum atomic E-state index is 0.273. The summed E-state index contributed by atoms with van der Waals surface area (Å²) in [5, 5.41) is 0. The second-order valence-electron chi connectivity index (χ2n) is 6.02. The Balaban J connectivity index is 2.79. The Hall–Kier alpha value is -0.930. The van der Waals surface area contributed by atoms with Crippen LogP contribution in [0, 0.1) is 5.41 Å². The van der Waals surface area contributed by atoms with Gasteiger partial charge in [-0.3, -0.25) is 4.90 Å². The Labute approximate surface area is 116 Å². The first-order chi connectivity index (χ1) is 8.21. The van der Waals surface area contributed by atoms with Crippen molar-refractivity contribution in [2.75, 3.05) is 7.05 Å². The van der Waals surface area contributed by atoms with Gasteiger partial charge in [-0.15, -0.1) is 0 Å². The minimum Gasteiger partial charge on any atom is -0.389 e. The Kier molecular flexibility index (Phi) is 4.88. The van der Waals surface area contributed by atoms with Gasteiger partial charge < -0.3 is 5.73 Å². The molecule has 100 valence electrons. The number of thiocarbonyl (C=S) groups is 1. The average Bonchev–Trinajstić information content (AvgIpc) is 2.27. The van der Waals surface area contributed by atoms with E-state index in [0.717, 1.165) is 12.1 Å². The van der Waals surface area contributed by atoms with Crippen LogP contribution in [-0.4, -0.2) is 23.0 Å². The average molecular weight is 264 g/mol. The quantitative estimate of drug-likeness (QED) is 0.847. The highest BCUT2D eigenvalue weighted by Gasteiger charge is 2.23. The minimum absolute atomic E-state index is 0.273. The van der Waals surface area contributed by atoms with Crippen LogP contribution in [-0.2, 0) is 6.54 Å². The third kappa shape index (κ3) is 4.07. The summed E-state index contributed by atoms with van der Waals surface area (Å²) in [6, 6.07) is 8.67. The Morgan fingerprint density at radius 3 is 2.50 bits per heavy atom. The molecule has 0 fully saturated rings. The smallest absolute Gasteiger partial charge is 0.103 e. The van der Waals surface area contributed by atoms with Crippen LogP contribution in [0.3, 0.4) is 0 Å². The van der Waals surface area contributed by atoms with Gasteiger partial charge in [-0.25, -0.2) is 0 Å². The standard InChI is InChI=1S/C15H24N2S/c1-11(15(2,3)4)17(5)10-12-7-6-8-13(9-12)14(16)18/h6-9,11H,10H2,1-5H3,(H2,16,18). The van der Waals surface area contributed by atoms with Gasteiger partial charge in [0.1, 0.15) is 4.99 Å². The van der Waals surface area contributed by atoms with Crippen molar-refractivity contribution in [3.05, 3.63) is 35.4 Å². The first-order valence-electron chi connectivity index (χ1n) is 6.31. The van der Waals surface area contributed by atoms with Gasteiger partial charge >= 0.3 is 0 Å². The fourth-order valence-electron chi connectivity index (χ4n) is 1.91. The number of nitrogens with zero attached hydrogens (tertiary/aromatic N) is 1. The fraction of sp³-hybridized carbons (Fsp3) is 0.533. The van der Waals surface area contributed by atoms with E-state index in [1.54, 1.807) is 0 Å². The molecule has 1 aromatic carbocycles. The highest BCUT2D eigenvalue weighted by molar-refractivity contribution is 7.80. The van der Waals surface area contributed by atoms with Crippen molar-refractivity contribution in [3.8, 4) is 0 Å². The van der Waals surface area contributed by atoms with Crippen LogP contribution < -0.4 is 5.73 Å². The van der Waals surface area contributed by atoms with E-state index in [4.69, 9.17) is 18.0 Å². The van der Waals surface area contributed by atoms with E-state index < -0.39 is 0 Å². The SMILES string of the molecule is CC(N(C)Cc1cccc(C(N)=S)c1)C(C)(C)C. The van der Waals surface area contributed by atoms with E-state index in [2.05, 4.69) is 51.8 Å². The molecule has 0 aliphatic carbocycles. The van der Waals surface area contributed by atoms with Gasteiger partial charge in [0, 0.05) is 18.2 Å². The van der Waals surface area contributed by atoms with Crippen LogP contribution in [0.5, 0.6) is 0 Å². The molecule has 18 heavy (non-hydrogen) atoms. The van der Waals surface area contributed by atoms with Crippen molar-refractivity contribution < 1.29 is 0 Å². The second-order valence-corrected chi connectivity index (χ2v) is 6.46. The van der Waals surface area contributed by atoms with Crippen molar-refractivity contribution in [2.24, 2.45) is 11.1 Å². The Morgan fingerprint density at radius 2 is 2.00 bits per heavy atom. The highest BCUT2D eigenvalue weighted by Crippen LogP contribution is 2.24. The molecular weight excluding hydrogens is 240 g/mol. The van der Waals surface area contributed by atoms with Crippen LogP contribution in [0.15, 0.2) is 24.3 Å². The summed E-state index contributed by atoms with van der Waals surface area (Å²) >= 11 is 5.01. The molecule has 0 aliphatic heterocycles. The summed E-state index contributed by atoms with van der Waals surface area (Å²) < 4.78 is 0. The van der Waals surface area contributed by atoms with Crippen molar-refractivity contribution in [1.29, 1.82) is 0 Å². The third-order valence-electron chi connectivity index (χ3n) is 3.56. The summed E-state index contributed by atoms with van der Waals surface area (Å²) in [6.45, 7) is 9.96. The molecule has 2 nitrogen and oxygen atoms in total. The highest BCUT2D eigenvalue weighted by atomic mass is 32.1. The van der Waals surface area contributed by atoms with Crippen LogP contribution in [0.2, 0.25) is 0 Å². The molecule has 0 spiro atoms. The second kappa shape index (κ2) is 5.81. The lowest BCUT2D eigenvalue weighted by atomic mass is 9.87. The van der Waals surface area contributed by atoms with Crippen molar-refractivity contribution in [2.45, 2.75) is 40.3 Å². The zero-order valence-corrected chi connectivity index (χ0v) is 12.8. The molecule has 2 N–H and O–H groups in total. The predicted octanol–water partition coefficient (Wildman–Crippen LogP) is 3.19. The van der Waals surface area contributed by atoms with E-state index in [1.807, 2.05) is 12.1 Å². The summed E-state index contributed by atoms with van der Waals surface area (Å²) in [5.74, 6) is 0. The largest absolute Gasteiger partial charge is 0.389 e. The van der Waals surface area contributed by atoms with E-state index in [0.29, 0.717) is 11.0 Å². The molecule has 0 bridgehead atoms. The first-order valence-corrected chi connectivity index (χ1v) is 6.71. The van der Waals surface area contributed by atoms with Gasteiger partial charge in [-0.05, 0) is 31.0 Å². The molecule has 0 amide bonds. The van der Waals surface area contributed by atoms with Gasteiger partial charge in [0.05, 0.1) is 0 Å². The molecule has 3 heteroatoms. The molecule has 0 aromatic heterocycles. The van der Waals surface area contributed by atoms with Gasteiger partial charge in [-0.1, -0.05) is 51.2 Å². The number of rotatable bonds is 4. The predicted molar refractivity (Wildman–Crippen MR) is 82.7 cm³/mol. The topological polar surface area (TPSA) is 29.3 Å². The lowest BCUT2D eigenvalue weighted by Crippen LogP contribution is -2.38. The lowest BCUT2D eigenvalue weighted by molar-refractivity contribution is 0.134. The summed E-state index contributed by atoms with van der Waals surface area (Å²) in [7, 11) is 2.16. The van der Waals surface area contributed by atoms with Crippen LogP contribution >= 0.6 is 12.2 Å². The molecule has 1 unspecified atom stereocenters. The maximum Gasteiger partial charge on any atom is 0.103 e. The Morgan fingerprint density at radius 1 is 1.39 bits per heavy atom. The molecule has 1 rings (SSSR count). The molecule has 1 aromatic rings. The van der Waals surface area contributed by atoms with E-state index >= 15 is 0 Å². The molecular formula is C15H24N2S. The van der Waals surface area contributed by atoms with Gasteiger partial charge in [0.2, 0.25) is 0 Å². The number of benzene rings is 1. The monoisotopic (exact) mass is 264 g/mol. The molecule has 1 atom stereocenters. The van der Waals surface area contributed by atoms with Gasteiger partial charge in [0.15, 0.2) is 0 Å². The maximum atomic E-state index is 5.66. The third-order valence-corrected chi connectivity index (χ3v) is 3.79. The zero-order valence-electron chi connectivity index (χ0n) is 12.0. The van der Waals surface area contributed by atoms with Crippen LogP contribution in [0.4, 0.5) is 0 Å². The van der Waals surface area contributed by atoms with Crippen LogP contribution in [0.25, 0.3) is 0 Å². The van der Waals surface area contributed by atoms with Crippen LogP contribution in [0.1, 0.15) is 38.8 Å². The fourth-order valence-corrected chi connectivity index (χ4v) is 2.04. The number of hydrogen-bond acceptors (Lipinski definition) is 2. The van der Waals surface area contributed by atoms with E-state index in [-0.39, 0.29) is 5.41 Å². The normalized spacial score (nSPS) is 13.7. The molecule has 0 aliphatic rings. The van der Waals surface area contributed by atoms with Crippen molar-refractivity contribution >= 4 is 17.2 Å². The number of hydrogen-bond donors (Lipinski definition) is 1. The van der Waals surface area contributed by atoms with E-state index in [1.165, 1.54) is 5.56 Å². The maximum absolute atomic E-state index is 5.66. The first kappa shape index (κ1) is 15.1. The van der Waals surface area contributed by atoms with Gasteiger partial charge in [0.25, 0.3) is 0 Å². The van der Waals surface area contributed by atoms with Gasteiger partial charge in [-0.2, -0.15) is 0 Å². The lowest BCUT2D eigenvalue weighted by Gasteiger charge is -2.35. The zero-order chi connectivity index (χ0) is 13.9. The van der Waals surface area contributed by atoms with E-state index in [9.17, 15) is 0 Å². The molecule has 0 saturated carbocycles. The molecule has 0 saturated heterocycles. The Bertz CT molecular complexity index is 421. The summed E-state index contributed by atoms with van der Waals surface area (Å²) in [5.41, 5.74) is 8.13. The number of nitrogens with two attached hydrogens (primary N) is 1.